The third-order valence-corrected chi connectivity index (χ3v) is 5.67. The number of likely N-dealkylation sites (tertiary alicyclic amines) is 1. The normalized spacial score (nSPS) is 22.9. The van der Waals surface area contributed by atoms with Gasteiger partial charge in [0.05, 0.1) is 5.92 Å². The lowest BCUT2D eigenvalue weighted by molar-refractivity contribution is -0.140. The molecule has 0 aliphatic carbocycles. The Morgan fingerprint density at radius 2 is 2.00 bits per heavy atom. The highest BCUT2D eigenvalue weighted by Gasteiger charge is 2.36. The van der Waals surface area contributed by atoms with Gasteiger partial charge in [-0.2, -0.15) is 0 Å². The standard InChI is InChI=1S/C20H26N6O2/c1-24-11-9-23-18(24)17-13-22-8-12-26(17)20(28)16-3-2-10-25(14-16)19(27)15-4-6-21-7-5-15/h4-7,9,11,16-17,22H,2-3,8,10,12-14H2,1H3. The summed E-state index contributed by atoms with van der Waals surface area (Å²) in [5, 5.41) is 3.37. The molecule has 0 saturated carbocycles. The van der Waals surface area contributed by atoms with Crippen molar-refractivity contribution in [1.82, 2.24) is 29.7 Å². The summed E-state index contributed by atoms with van der Waals surface area (Å²) in [6.07, 6.45) is 8.57. The van der Waals surface area contributed by atoms with Crippen molar-refractivity contribution in [3.63, 3.8) is 0 Å². The Balaban J connectivity index is 1.49. The number of imidazole rings is 1. The van der Waals surface area contributed by atoms with Crippen LogP contribution in [0.3, 0.4) is 0 Å². The molecule has 2 saturated heterocycles. The second kappa shape index (κ2) is 8.10. The van der Waals surface area contributed by atoms with Crippen LogP contribution in [0.25, 0.3) is 0 Å². The van der Waals surface area contributed by atoms with Gasteiger partial charge < -0.3 is 19.7 Å². The first kappa shape index (κ1) is 18.6. The van der Waals surface area contributed by atoms with Gasteiger partial charge in [-0.15, -0.1) is 0 Å². The number of carbonyl (C=O) groups is 2. The van der Waals surface area contributed by atoms with Gasteiger partial charge in [0, 0.05) is 70.1 Å². The largest absolute Gasteiger partial charge is 0.338 e. The molecule has 1 N–H and O–H groups in total. The molecule has 0 radical (unpaired) electrons. The van der Waals surface area contributed by atoms with Gasteiger partial charge in [0.25, 0.3) is 5.91 Å². The maximum absolute atomic E-state index is 13.4. The molecular formula is C20H26N6O2. The number of hydrogen-bond donors (Lipinski definition) is 1. The molecule has 28 heavy (non-hydrogen) atoms. The number of amides is 2. The number of piperidine rings is 1. The van der Waals surface area contributed by atoms with Crippen LogP contribution in [0.15, 0.2) is 36.9 Å². The zero-order valence-electron chi connectivity index (χ0n) is 16.1. The third-order valence-electron chi connectivity index (χ3n) is 5.67. The second-order valence-electron chi connectivity index (χ2n) is 7.47. The molecule has 8 heteroatoms. The van der Waals surface area contributed by atoms with Crippen molar-refractivity contribution < 1.29 is 9.59 Å². The highest BCUT2D eigenvalue weighted by atomic mass is 16.2. The minimum atomic E-state index is -0.166. The lowest BCUT2D eigenvalue weighted by Crippen LogP contribution is -2.53. The average Bonchev–Trinajstić information content (AvgIpc) is 3.19. The SMILES string of the molecule is Cn1ccnc1C1CNCCN1C(=O)C1CCCN(C(=O)c2ccncc2)C1. The number of aromatic nitrogens is 3. The molecule has 0 spiro atoms. The number of nitrogens with zero attached hydrogens (tertiary/aromatic N) is 5. The van der Waals surface area contributed by atoms with Gasteiger partial charge in [-0.3, -0.25) is 14.6 Å². The molecule has 0 aromatic carbocycles. The Morgan fingerprint density at radius 1 is 1.18 bits per heavy atom. The Bertz CT molecular complexity index is 836. The highest BCUT2D eigenvalue weighted by Crippen LogP contribution is 2.26. The van der Waals surface area contributed by atoms with Crippen LogP contribution in [0.1, 0.15) is 35.1 Å². The van der Waals surface area contributed by atoms with Crippen LogP contribution in [-0.4, -0.2) is 68.9 Å². The first-order valence-corrected chi connectivity index (χ1v) is 9.83. The molecule has 2 aliphatic rings. The predicted molar refractivity (Wildman–Crippen MR) is 103 cm³/mol. The number of rotatable bonds is 3. The van der Waals surface area contributed by atoms with E-state index in [4.69, 9.17) is 0 Å². The number of aryl methyl sites for hydroxylation is 1. The van der Waals surface area contributed by atoms with Crippen LogP contribution in [0, 0.1) is 5.92 Å². The Labute approximate surface area is 164 Å². The quantitative estimate of drug-likeness (QED) is 0.851. The second-order valence-corrected chi connectivity index (χ2v) is 7.47. The Kier molecular flexibility index (Phi) is 5.38. The van der Waals surface area contributed by atoms with Crippen LogP contribution < -0.4 is 5.32 Å². The van der Waals surface area contributed by atoms with Crippen LogP contribution in [0.4, 0.5) is 0 Å². The monoisotopic (exact) mass is 382 g/mol. The number of piperazine rings is 1. The van der Waals surface area contributed by atoms with E-state index >= 15 is 0 Å². The van der Waals surface area contributed by atoms with E-state index in [1.807, 2.05) is 22.7 Å². The number of pyridine rings is 1. The summed E-state index contributed by atoms with van der Waals surface area (Å²) in [5.74, 6) is 0.823. The summed E-state index contributed by atoms with van der Waals surface area (Å²) in [6.45, 7) is 3.29. The molecule has 0 bridgehead atoms. The fourth-order valence-corrected chi connectivity index (χ4v) is 4.17. The third kappa shape index (κ3) is 3.64. The maximum Gasteiger partial charge on any atom is 0.253 e. The average molecular weight is 382 g/mol. The van der Waals surface area contributed by atoms with Gasteiger partial charge in [0.2, 0.25) is 5.91 Å². The lowest BCUT2D eigenvalue weighted by Gasteiger charge is -2.40. The van der Waals surface area contributed by atoms with Crippen LogP contribution in [0.2, 0.25) is 0 Å². The van der Waals surface area contributed by atoms with E-state index in [1.165, 1.54) is 0 Å². The molecule has 2 aliphatic heterocycles. The van der Waals surface area contributed by atoms with E-state index in [-0.39, 0.29) is 23.8 Å². The maximum atomic E-state index is 13.4. The Hall–Kier alpha value is -2.74. The van der Waals surface area contributed by atoms with Crippen molar-refractivity contribution in [1.29, 1.82) is 0 Å². The van der Waals surface area contributed by atoms with Gasteiger partial charge >= 0.3 is 0 Å². The van der Waals surface area contributed by atoms with Gasteiger partial charge in [-0.1, -0.05) is 0 Å². The van der Waals surface area contributed by atoms with E-state index < -0.39 is 0 Å². The molecular weight excluding hydrogens is 356 g/mol. The van der Waals surface area contributed by atoms with Gasteiger partial charge in [0.15, 0.2) is 0 Å². The minimum Gasteiger partial charge on any atom is -0.338 e. The van der Waals surface area contributed by atoms with E-state index in [2.05, 4.69) is 15.3 Å². The van der Waals surface area contributed by atoms with Crippen molar-refractivity contribution in [2.45, 2.75) is 18.9 Å². The van der Waals surface area contributed by atoms with Gasteiger partial charge in [-0.05, 0) is 25.0 Å². The molecule has 2 amide bonds. The minimum absolute atomic E-state index is 0.0270. The zero-order valence-corrected chi connectivity index (χ0v) is 16.1. The molecule has 4 heterocycles. The first-order valence-electron chi connectivity index (χ1n) is 9.83. The van der Waals surface area contributed by atoms with E-state index in [9.17, 15) is 9.59 Å². The highest BCUT2D eigenvalue weighted by molar-refractivity contribution is 5.94. The van der Waals surface area contributed by atoms with Crippen LogP contribution >= 0.6 is 0 Å². The molecule has 148 valence electrons. The topological polar surface area (TPSA) is 83.4 Å². The molecule has 2 fully saturated rings. The van der Waals surface area contributed by atoms with Crippen molar-refractivity contribution in [2.24, 2.45) is 13.0 Å². The summed E-state index contributed by atoms with van der Waals surface area (Å²) in [5.41, 5.74) is 0.621. The fourth-order valence-electron chi connectivity index (χ4n) is 4.17. The molecule has 2 unspecified atom stereocenters. The summed E-state index contributed by atoms with van der Waals surface area (Å²) in [4.78, 5) is 38.4. The van der Waals surface area contributed by atoms with E-state index in [0.29, 0.717) is 31.7 Å². The van der Waals surface area contributed by atoms with Gasteiger partial charge in [-0.25, -0.2) is 4.98 Å². The molecule has 2 aromatic rings. The fraction of sp³-hybridized carbons (Fsp3) is 0.500. The molecule has 2 atom stereocenters. The molecule has 2 aromatic heterocycles. The van der Waals surface area contributed by atoms with Gasteiger partial charge in [0.1, 0.15) is 11.9 Å². The Morgan fingerprint density at radius 3 is 2.75 bits per heavy atom. The number of nitrogens with one attached hydrogen (secondary N) is 1. The van der Waals surface area contributed by atoms with Crippen LogP contribution in [0.5, 0.6) is 0 Å². The van der Waals surface area contributed by atoms with Crippen molar-refractivity contribution in [2.75, 3.05) is 32.7 Å². The zero-order chi connectivity index (χ0) is 19.5. The molecule has 8 nitrogen and oxygen atoms in total. The van der Waals surface area contributed by atoms with E-state index in [0.717, 1.165) is 25.2 Å². The van der Waals surface area contributed by atoms with Crippen molar-refractivity contribution in [3.8, 4) is 0 Å². The van der Waals surface area contributed by atoms with E-state index in [1.54, 1.807) is 35.6 Å². The first-order chi connectivity index (χ1) is 13.6. The molecule has 4 rings (SSSR count). The predicted octanol–water partition coefficient (Wildman–Crippen LogP) is 0.840. The smallest absolute Gasteiger partial charge is 0.253 e. The number of carbonyl (C=O) groups excluding carboxylic acids is 2. The summed E-state index contributed by atoms with van der Waals surface area (Å²) >= 11 is 0. The van der Waals surface area contributed by atoms with Crippen molar-refractivity contribution >= 4 is 11.8 Å². The lowest BCUT2D eigenvalue weighted by atomic mass is 9.94. The number of hydrogen-bond acceptors (Lipinski definition) is 5. The summed E-state index contributed by atoms with van der Waals surface area (Å²) in [6, 6.07) is 3.37. The summed E-state index contributed by atoms with van der Waals surface area (Å²) in [7, 11) is 1.95. The van der Waals surface area contributed by atoms with Crippen LogP contribution in [-0.2, 0) is 11.8 Å². The van der Waals surface area contributed by atoms with Crippen molar-refractivity contribution in [3.05, 3.63) is 48.3 Å². The summed E-state index contributed by atoms with van der Waals surface area (Å²) < 4.78 is 1.97.